The summed E-state index contributed by atoms with van der Waals surface area (Å²) in [7, 11) is 1.61. The lowest BCUT2D eigenvalue weighted by Gasteiger charge is -2.13. The first-order valence-electron chi connectivity index (χ1n) is 8.02. The summed E-state index contributed by atoms with van der Waals surface area (Å²) in [6.45, 7) is 1.78. The normalized spacial score (nSPS) is 11.8. The van der Waals surface area contributed by atoms with Crippen LogP contribution in [0.3, 0.4) is 0 Å². The van der Waals surface area contributed by atoms with Crippen LogP contribution in [-0.4, -0.2) is 33.7 Å². The molecule has 0 saturated carbocycles. The number of anilines is 1. The highest BCUT2D eigenvalue weighted by Gasteiger charge is 2.20. The van der Waals surface area contributed by atoms with Crippen molar-refractivity contribution in [1.29, 1.82) is 0 Å². The lowest BCUT2D eigenvalue weighted by atomic mass is 10.3. The highest BCUT2D eigenvalue weighted by Crippen LogP contribution is 2.28. The molecule has 0 unspecified atom stereocenters. The number of carbonyl (C=O) groups excluding carboxylic acids is 2. The fourth-order valence-electron chi connectivity index (χ4n) is 2.36. The van der Waals surface area contributed by atoms with E-state index in [1.54, 1.807) is 31.7 Å². The lowest BCUT2D eigenvalue weighted by Crippen LogP contribution is -2.24. The fourth-order valence-corrected chi connectivity index (χ4v) is 4.04. The van der Waals surface area contributed by atoms with Crippen LogP contribution in [0, 0.1) is 0 Å². The number of ether oxygens (including phenoxy) is 1. The molecule has 3 aromatic rings. The predicted molar refractivity (Wildman–Crippen MR) is 107 cm³/mol. The molecular formula is C18H18N4O3S2. The van der Waals surface area contributed by atoms with E-state index < -0.39 is 11.2 Å². The fraction of sp³-hybridized carbons (Fsp3) is 0.167. The van der Waals surface area contributed by atoms with Gasteiger partial charge in [0.2, 0.25) is 5.91 Å². The molecule has 2 heterocycles. The van der Waals surface area contributed by atoms with Gasteiger partial charge in [0, 0.05) is 18.5 Å². The number of amides is 2. The van der Waals surface area contributed by atoms with Gasteiger partial charge in [-0.3, -0.25) is 14.2 Å². The van der Waals surface area contributed by atoms with Gasteiger partial charge in [0.25, 0.3) is 5.91 Å². The second kappa shape index (κ2) is 8.28. The number of nitrogens with two attached hydrogens (primary N) is 1. The van der Waals surface area contributed by atoms with E-state index in [0.29, 0.717) is 15.7 Å². The number of nitrogens with zero attached hydrogens (tertiary/aromatic N) is 2. The van der Waals surface area contributed by atoms with Crippen LogP contribution in [0.25, 0.3) is 5.69 Å². The molecule has 0 saturated heterocycles. The Bertz CT molecular complexity index is 967. The first-order valence-corrected chi connectivity index (χ1v) is 9.78. The second-order valence-electron chi connectivity index (χ2n) is 5.56. The number of imidazole rings is 1. The molecule has 0 fully saturated rings. The molecule has 140 valence electrons. The van der Waals surface area contributed by atoms with Crippen molar-refractivity contribution in [2.75, 3.05) is 12.4 Å². The van der Waals surface area contributed by atoms with Crippen molar-refractivity contribution in [1.82, 2.24) is 9.55 Å². The Kier molecular flexibility index (Phi) is 5.82. The maximum absolute atomic E-state index is 12.5. The Morgan fingerprint density at radius 2 is 2.19 bits per heavy atom. The zero-order valence-electron chi connectivity index (χ0n) is 14.7. The number of thiophene rings is 1. The van der Waals surface area contributed by atoms with Crippen molar-refractivity contribution in [3.63, 3.8) is 0 Å². The van der Waals surface area contributed by atoms with E-state index >= 15 is 0 Å². The van der Waals surface area contributed by atoms with Crippen molar-refractivity contribution in [3.8, 4) is 11.4 Å². The van der Waals surface area contributed by atoms with E-state index in [0.717, 1.165) is 11.4 Å². The summed E-state index contributed by atoms with van der Waals surface area (Å²) in [6.07, 6.45) is 3.50. The average Bonchev–Trinajstić information content (AvgIpc) is 3.31. The molecule has 0 aliphatic heterocycles. The van der Waals surface area contributed by atoms with Gasteiger partial charge in [0.1, 0.15) is 10.8 Å². The third-order valence-corrected chi connectivity index (χ3v) is 5.67. The molecule has 7 nitrogen and oxygen atoms in total. The van der Waals surface area contributed by atoms with Crippen LogP contribution in [0.4, 0.5) is 5.00 Å². The van der Waals surface area contributed by atoms with E-state index in [-0.39, 0.29) is 5.91 Å². The summed E-state index contributed by atoms with van der Waals surface area (Å²) in [6, 6.07) is 9.17. The Labute approximate surface area is 164 Å². The van der Waals surface area contributed by atoms with Gasteiger partial charge >= 0.3 is 0 Å². The van der Waals surface area contributed by atoms with Crippen LogP contribution in [0.2, 0.25) is 0 Å². The number of rotatable bonds is 7. The first kappa shape index (κ1) is 19.0. The van der Waals surface area contributed by atoms with Crippen molar-refractivity contribution >= 4 is 39.9 Å². The third-order valence-electron chi connectivity index (χ3n) is 3.76. The number of aromatic nitrogens is 2. The van der Waals surface area contributed by atoms with Crippen molar-refractivity contribution in [2.24, 2.45) is 5.73 Å². The molecule has 1 aromatic carbocycles. The summed E-state index contributed by atoms with van der Waals surface area (Å²) in [4.78, 5) is 28.3. The molecule has 27 heavy (non-hydrogen) atoms. The number of thioether (sulfide) groups is 1. The Morgan fingerprint density at radius 3 is 2.93 bits per heavy atom. The molecule has 0 bridgehead atoms. The largest absolute Gasteiger partial charge is 0.497 e. The minimum Gasteiger partial charge on any atom is -0.497 e. The van der Waals surface area contributed by atoms with Crippen LogP contribution in [-0.2, 0) is 4.79 Å². The van der Waals surface area contributed by atoms with Crippen LogP contribution in [0.15, 0.2) is 53.3 Å². The summed E-state index contributed by atoms with van der Waals surface area (Å²) in [5.41, 5.74) is 6.51. The molecule has 0 aliphatic rings. The van der Waals surface area contributed by atoms with Gasteiger partial charge in [-0.05, 0) is 30.5 Å². The quantitative estimate of drug-likeness (QED) is 0.592. The Hall–Kier alpha value is -2.78. The average molecular weight is 403 g/mol. The van der Waals surface area contributed by atoms with E-state index in [2.05, 4.69) is 10.3 Å². The number of hydrogen-bond donors (Lipinski definition) is 2. The molecule has 0 radical (unpaired) electrons. The zero-order chi connectivity index (χ0) is 19.4. The summed E-state index contributed by atoms with van der Waals surface area (Å²) < 4.78 is 7.15. The third kappa shape index (κ3) is 4.32. The van der Waals surface area contributed by atoms with Crippen LogP contribution >= 0.6 is 23.1 Å². The minimum absolute atomic E-state index is 0.231. The highest BCUT2D eigenvalue weighted by atomic mass is 32.2. The summed E-state index contributed by atoms with van der Waals surface area (Å²) >= 11 is 2.58. The smallest absolute Gasteiger partial charge is 0.251 e. The Balaban J connectivity index is 1.74. The van der Waals surface area contributed by atoms with Crippen LogP contribution in [0.1, 0.15) is 17.3 Å². The van der Waals surface area contributed by atoms with Gasteiger partial charge in [-0.1, -0.05) is 17.8 Å². The molecule has 0 spiro atoms. The molecular weight excluding hydrogens is 384 g/mol. The van der Waals surface area contributed by atoms with Crippen molar-refractivity contribution in [3.05, 3.63) is 53.7 Å². The van der Waals surface area contributed by atoms with E-state index in [1.165, 1.54) is 23.1 Å². The van der Waals surface area contributed by atoms with Gasteiger partial charge in [0.15, 0.2) is 5.16 Å². The van der Waals surface area contributed by atoms with Crippen molar-refractivity contribution in [2.45, 2.75) is 17.3 Å². The van der Waals surface area contributed by atoms with E-state index in [1.807, 2.05) is 35.0 Å². The topological polar surface area (TPSA) is 99.2 Å². The predicted octanol–water partition coefficient (Wildman–Crippen LogP) is 3.16. The number of hydrogen-bond acceptors (Lipinski definition) is 6. The summed E-state index contributed by atoms with van der Waals surface area (Å²) in [5, 5.41) is 5.17. The van der Waals surface area contributed by atoms with E-state index in [4.69, 9.17) is 10.5 Å². The number of methoxy groups -OCH3 is 1. The number of primary amides is 1. The first-order chi connectivity index (χ1) is 13.0. The van der Waals surface area contributed by atoms with Gasteiger partial charge in [0.05, 0.1) is 23.6 Å². The highest BCUT2D eigenvalue weighted by molar-refractivity contribution is 8.00. The maximum atomic E-state index is 12.5. The van der Waals surface area contributed by atoms with Crippen molar-refractivity contribution < 1.29 is 14.3 Å². The lowest BCUT2D eigenvalue weighted by molar-refractivity contribution is -0.115. The SMILES string of the molecule is COc1cccc(-n2ccnc2S[C@@H](C)C(=O)Nc2sccc2C(N)=O)c1. The molecule has 3 N–H and O–H groups in total. The number of nitrogens with one attached hydrogen (secondary N) is 1. The molecule has 2 amide bonds. The zero-order valence-corrected chi connectivity index (χ0v) is 16.3. The molecule has 1 atom stereocenters. The minimum atomic E-state index is -0.569. The van der Waals surface area contributed by atoms with Crippen LogP contribution in [0.5, 0.6) is 5.75 Å². The monoisotopic (exact) mass is 402 g/mol. The standard InChI is InChI=1S/C18H18N4O3S2/c1-11(16(24)21-17-14(15(19)23)6-9-26-17)27-18-20-7-8-22(18)12-4-3-5-13(10-12)25-2/h3-11H,1-2H3,(H2,19,23)(H,21,24)/t11-/m0/s1. The molecule has 2 aromatic heterocycles. The van der Waals surface area contributed by atoms with Gasteiger partial charge in [-0.25, -0.2) is 4.98 Å². The van der Waals surface area contributed by atoms with Gasteiger partial charge < -0.3 is 15.8 Å². The van der Waals surface area contributed by atoms with Gasteiger partial charge in [-0.2, -0.15) is 0 Å². The van der Waals surface area contributed by atoms with Crippen LogP contribution < -0.4 is 15.8 Å². The summed E-state index contributed by atoms with van der Waals surface area (Å²) in [5.74, 6) is -0.0646. The molecule has 9 heteroatoms. The second-order valence-corrected chi connectivity index (χ2v) is 7.78. The number of benzene rings is 1. The van der Waals surface area contributed by atoms with E-state index in [9.17, 15) is 9.59 Å². The Morgan fingerprint density at radius 1 is 1.37 bits per heavy atom. The molecule has 0 aliphatic carbocycles. The number of carbonyl (C=O) groups is 2. The molecule has 3 rings (SSSR count). The van der Waals surface area contributed by atoms with Gasteiger partial charge in [-0.15, -0.1) is 11.3 Å². The maximum Gasteiger partial charge on any atom is 0.251 e.